The predicted molar refractivity (Wildman–Crippen MR) is 56.6 cm³/mol. The highest BCUT2D eigenvalue weighted by molar-refractivity contribution is 5.84. The molecule has 0 aromatic carbocycles. The van der Waals surface area contributed by atoms with Gasteiger partial charge in [0, 0.05) is 11.9 Å². The lowest BCUT2D eigenvalue weighted by Gasteiger charge is -2.08. The summed E-state index contributed by atoms with van der Waals surface area (Å²) in [7, 11) is 0. The van der Waals surface area contributed by atoms with Crippen molar-refractivity contribution in [3.05, 3.63) is 12.3 Å². The summed E-state index contributed by atoms with van der Waals surface area (Å²) in [4.78, 5) is 4.33. The molecule has 0 aromatic rings. The fourth-order valence-corrected chi connectivity index (χ4v) is 1.04. The van der Waals surface area contributed by atoms with Crippen LogP contribution in [0.25, 0.3) is 0 Å². The third-order valence-corrected chi connectivity index (χ3v) is 2.13. The molecule has 1 heteroatoms. The van der Waals surface area contributed by atoms with E-state index in [2.05, 4.69) is 25.8 Å². The second-order valence-electron chi connectivity index (χ2n) is 3.30. The molecule has 0 aliphatic heterocycles. The molecule has 1 unspecified atom stereocenters. The number of hydrogen-bond acceptors (Lipinski definition) is 1. The van der Waals surface area contributed by atoms with Crippen LogP contribution < -0.4 is 0 Å². The monoisotopic (exact) mass is 167 g/mol. The summed E-state index contributed by atoms with van der Waals surface area (Å²) in [6.07, 6.45) is 7.70. The third-order valence-electron chi connectivity index (χ3n) is 2.13. The molecule has 1 atom stereocenters. The van der Waals surface area contributed by atoms with Crippen molar-refractivity contribution < 1.29 is 0 Å². The second kappa shape index (κ2) is 7.08. The Morgan fingerprint density at radius 1 is 1.50 bits per heavy atom. The molecule has 1 nitrogen and oxygen atoms in total. The van der Waals surface area contributed by atoms with Crippen LogP contribution in [0.1, 0.15) is 47.0 Å². The lowest BCUT2D eigenvalue weighted by molar-refractivity contribution is 0.622. The minimum absolute atomic E-state index is 0.640. The molecule has 0 amide bonds. The van der Waals surface area contributed by atoms with E-state index >= 15 is 0 Å². The van der Waals surface area contributed by atoms with E-state index < -0.39 is 0 Å². The van der Waals surface area contributed by atoms with Crippen LogP contribution in [-0.4, -0.2) is 5.71 Å². The molecule has 0 aliphatic rings. The van der Waals surface area contributed by atoms with Crippen molar-refractivity contribution in [2.24, 2.45) is 10.9 Å². The van der Waals surface area contributed by atoms with Crippen LogP contribution in [0, 0.1) is 5.92 Å². The normalized spacial score (nSPS) is 15.5. The SMILES string of the molecule is C/C=C\N=C(/C)C(C)CCCC. The smallest absolute Gasteiger partial charge is 0.0224 e. The molecule has 0 heterocycles. The zero-order valence-electron chi connectivity index (χ0n) is 8.80. The van der Waals surface area contributed by atoms with E-state index in [1.165, 1.54) is 25.0 Å². The average Bonchev–Trinajstić information content (AvgIpc) is 2.10. The van der Waals surface area contributed by atoms with E-state index in [1.807, 2.05) is 19.2 Å². The molecule has 0 aliphatic carbocycles. The average molecular weight is 167 g/mol. The highest BCUT2D eigenvalue weighted by Crippen LogP contribution is 2.09. The first kappa shape index (κ1) is 11.4. The van der Waals surface area contributed by atoms with Crippen LogP contribution in [0.4, 0.5) is 0 Å². The quantitative estimate of drug-likeness (QED) is 0.552. The maximum Gasteiger partial charge on any atom is 0.0224 e. The number of unbranched alkanes of at least 4 members (excludes halogenated alkanes) is 1. The predicted octanol–water partition coefficient (Wildman–Crippen LogP) is 3.81. The Kier molecular flexibility index (Phi) is 6.73. The summed E-state index contributed by atoms with van der Waals surface area (Å²) in [6, 6.07) is 0. The van der Waals surface area contributed by atoms with Crippen LogP contribution in [0.3, 0.4) is 0 Å². The molecule has 0 spiro atoms. The summed E-state index contributed by atoms with van der Waals surface area (Å²) in [6.45, 7) is 8.58. The van der Waals surface area contributed by atoms with E-state index in [9.17, 15) is 0 Å². The summed E-state index contributed by atoms with van der Waals surface area (Å²) in [5.41, 5.74) is 1.25. The van der Waals surface area contributed by atoms with Crippen LogP contribution in [0.15, 0.2) is 17.3 Å². The fraction of sp³-hybridized carbons (Fsp3) is 0.727. The van der Waals surface area contributed by atoms with Gasteiger partial charge in [0.15, 0.2) is 0 Å². The molecule has 70 valence electrons. The molecular formula is C11H21N. The van der Waals surface area contributed by atoms with E-state index in [4.69, 9.17) is 0 Å². The van der Waals surface area contributed by atoms with Crippen molar-refractivity contribution in [2.45, 2.75) is 47.0 Å². The second-order valence-corrected chi connectivity index (χ2v) is 3.30. The minimum Gasteiger partial charge on any atom is -0.266 e. The van der Waals surface area contributed by atoms with Crippen molar-refractivity contribution in [3.63, 3.8) is 0 Å². The molecule has 0 aromatic heterocycles. The Bertz CT molecular complexity index is 156. The fourth-order valence-electron chi connectivity index (χ4n) is 1.04. The van der Waals surface area contributed by atoms with Crippen molar-refractivity contribution in [1.82, 2.24) is 0 Å². The van der Waals surface area contributed by atoms with E-state index in [0.717, 1.165) is 0 Å². The van der Waals surface area contributed by atoms with Gasteiger partial charge in [-0.05, 0) is 26.2 Å². The first-order chi connectivity index (χ1) is 5.72. The van der Waals surface area contributed by atoms with Gasteiger partial charge >= 0.3 is 0 Å². The van der Waals surface area contributed by atoms with E-state index in [0.29, 0.717) is 5.92 Å². The first-order valence-corrected chi connectivity index (χ1v) is 4.87. The van der Waals surface area contributed by atoms with E-state index in [-0.39, 0.29) is 0 Å². The Labute approximate surface area is 76.6 Å². The Morgan fingerprint density at radius 2 is 2.17 bits per heavy atom. The van der Waals surface area contributed by atoms with Crippen molar-refractivity contribution in [3.8, 4) is 0 Å². The van der Waals surface area contributed by atoms with Gasteiger partial charge in [-0.25, -0.2) is 0 Å². The largest absolute Gasteiger partial charge is 0.266 e. The van der Waals surface area contributed by atoms with E-state index in [1.54, 1.807) is 0 Å². The van der Waals surface area contributed by atoms with Gasteiger partial charge in [0.1, 0.15) is 0 Å². The highest BCUT2D eigenvalue weighted by Gasteiger charge is 2.03. The summed E-state index contributed by atoms with van der Waals surface area (Å²) >= 11 is 0. The number of hydrogen-bond donors (Lipinski definition) is 0. The number of allylic oxidation sites excluding steroid dienone is 1. The van der Waals surface area contributed by atoms with Crippen molar-refractivity contribution in [1.29, 1.82) is 0 Å². The Hall–Kier alpha value is -0.590. The van der Waals surface area contributed by atoms with Crippen LogP contribution in [-0.2, 0) is 0 Å². The van der Waals surface area contributed by atoms with Gasteiger partial charge < -0.3 is 0 Å². The zero-order valence-corrected chi connectivity index (χ0v) is 8.80. The molecule has 0 N–H and O–H groups in total. The lowest BCUT2D eigenvalue weighted by atomic mass is 10.00. The van der Waals surface area contributed by atoms with Gasteiger partial charge in [-0.3, -0.25) is 4.99 Å². The maximum atomic E-state index is 4.33. The molecule has 12 heavy (non-hydrogen) atoms. The standard InChI is InChI=1S/C11H21N/c1-5-7-8-10(3)11(4)12-9-6-2/h6,9-10H,5,7-8H2,1-4H3/b9-6-,12-11+. The summed E-state index contributed by atoms with van der Waals surface area (Å²) < 4.78 is 0. The molecule has 0 saturated carbocycles. The van der Waals surface area contributed by atoms with Gasteiger partial charge in [0.25, 0.3) is 0 Å². The zero-order chi connectivity index (χ0) is 9.40. The van der Waals surface area contributed by atoms with Gasteiger partial charge in [-0.15, -0.1) is 0 Å². The third kappa shape index (κ3) is 5.11. The van der Waals surface area contributed by atoms with Gasteiger partial charge in [0.2, 0.25) is 0 Å². The van der Waals surface area contributed by atoms with Gasteiger partial charge in [0.05, 0.1) is 0 Å². The van der Waals surface area contributed by atoms with Crippen LogP contribution in [0.2, 0.25) is 0 Å². The topological polar surface area (TPSA) is 12.4 Å². The Morgan fingerprint density at radius 3 is 2.67 bits per heavy atom. The van der Waals surface area contributed by atoms with Gasteiger partial charge in [-0.1, -0.05) is 32.8 Å². The van der Waals surface area contributed by atoms with Crippen LogP contribution in [0.5, 0.6) is 0 Å². The minimum atomic E-state index is 0.640. The number of aliphatic imine (C=N–C) groups is 1. The molecule has 0 rings (SSSR count). The van der Waals surface area contributed by atoms with Crippen molar-refractivity contribution >= 4 is 5.71 Å². The molecular weight excluding hydrogens is 146 g/mol. The lowest BCUT2D eigenvalue weighted by Crippen LogP contribution is -2.05. The first-order valence-electron chi connectivity index (χ1n) is 4.87. The van der Waals surface area contributed by atoms with Gasteiger partial charge in [-0.2, -0.15) is 0 Å². The summed E-state index contributed by atoms with van der Waals surface area (Å²) in [5, 5.41) is 0. The molecule has 0 saturated heterocycles. The Balaban J connectivity index is 3.82. The molecule has 0 bridgehead atoms. The molecule has 0 radical (unpaired) electrons. The number of rotatable bonds is 5. The highest BCUT2D eigenvalue weighted by atomic mass is 14.7. The molecule has 0 fully saturated rings. The van der Waals surface area contributed by atoms with Crippen molar-refractivity contribution in [2.75, 3.05) is 0 Å². The van der Waals surface area contributed by atoms with Crippen LogP contribution >= 0.6 is 0 Å². The summed E-state index contributed by atoms with van der Waals surface area (Å²) in [5.74, 6) is 0.640. The number of nitrogens with zero attached hydrogens (tertiary/aromatic N) is 1. The maximum absolute atomic E-state index is 4.33.